The quantitative estimate of drug-likeness (QED) is 0.824. The highest BCUT2D eigenvalue weighted by molar-refractivity contribution is 7.99. The summed E-state index contributed by atoms with van der Waals surface area (Å²) < 4.78 is 4.08. The first kappa shape index (κ1) is 8.52. The van der Waals surface area contributed by atoms with E-state index in [-0.39, 0.29) is 0 Å². The molecule has 3 nitrogen and oxygen atoms in total. The first-order valence-electron chi connectivity index (χ1n) is 3.67. The van der Waals surface area contributed by atoms with Gasteiger partial charge in [0.25, 0.3) is 0 Å². The van der Waals surface area contributed by atoms with Crippen LogP contribution in [0.4, 0.5) is 5.13 Å². The molecule has 0 atom stereocenters. The fourth-order valence-corrected chi connectivity index (χ4v) is 2.16. The maximum atomic E-state index is 5.46. The van der Waals surface area contributed by atoms with Crippen LogP contribution in [-0.2, 0) is 0 Å². The third-order valence-electron chi connectivity index (χ3n) is 1.38. The van der Waals surface area contributed by atoms with Crippen molar-refractivity contribution in [3.05, 3.63) is 30.3 Å². The van der Waals surface area contributed by atoms with Crippen molar-refractivity contribution >= 4 is 28.4 Å². The van der Waals surface area contributed by atoms with E-state index in [1.54, 1.807) is 0 Å². The Morgan fingerprint density at radius 2 is 2.00 bits per heavy atom. The Bertz CT molecular complexity index is 385. The topological polar surface area (TPSA) is 51.8 Å². The summed E-state index contributed by atoms with van der Waals surface area (Å²) in [5, 5.41) is 1.23. The second-order valence-corrected chi connectivity index (χ2v) is 4.15. The van der Waals surface area contributed by atoms with Crippen molar-refractivity contribution in [3.63, 3.8) is 0 Å². The molecule has 1 aromatic carbocycles. The standard InChI is InChI=1S/C8H7N3S2/c9-7-10-8(11-13-7)12-6-4-2-1-3-5-6/h1-5H,(H2,9,10,11). The predicted molar refractivity (Wildman–Crippen MR) is 54.9 cm³/mol. The summed E-state index contributed by atoms with van der Waals surface area (Å²) in [5.41, 5.74) is 5.46. The normalized spacial score (nSPS) is 10.2. The van der Waals surface area contributed by atoms with Gasteiger partial charge in [-0.1, -0.05) is 18.2 Å². The van der Waals surface area contributed by atoms with E-state index in [1.165, 1.54) is 23.3 Å². The van der Waals surface area contributed by atoms with Crippen molar-refractivity contribution in [2.45, 2.75) is 10.1 Å². The van der Waals surface area contributed by atoms with E-state index in [0.29, 0.717) is 10.3 Å². The van der Waals surface area contributed by atoms with Crippen molar-refractivity contribution in [2.75, 3.05) is 5.73 Å². The van der Waals surface area contributed by atoms with Gasteiger partial charge in [-0.3, -0.25) is 0 Å². The van der Waals surface area contributed by atoms with Crippen molar-refractivity contribution in [1.82, 2.24) is 9.36 Å². The Balaban J connectivity index is 2.15. The van der Waals surface area contributed by atoms with E-state index in [4.69, 9.17) is 5.73 Å². The number of benzene rings is 1. The molecule has 2 N–H and O–H groups in total. The molecule has 0 amide bonds. The maximum absolute atomic E-state index is 5.46. The summed E-state index contributed by atoms with van der Waals surface area (Å²) >= 11 is 2.74. The average molecular weight is 209 g/mol. The van der Waals surface area contributed by atoms with Crippen LogP contribution in [0.25, 0.3) is 0 Å². The molecule has 0 saturated heterocycles. The molecule has 13 heavy (non-hydrogen) atoms. The van der Waals surface area contributed by atoms with E-state index in [1.807, 2.05) is 30.3 Å². The lowest BCUT2D eigenvalue weighted by atomic mass is 10.4. The SMILES string of the molecule is Nc1nc(Sc2ccccc2)ns1. The second-order valence-electron chi connectivity index (χ2n) is 2.33. The highest BCUT2D eigenvalue weighted by Gasteiger charge is 2.01. The highest BCUT2D eigenvalue weighted by atomic mass is 32.2. The number of hydrogen-bond donors (Lipinski definition) is 1. The third-order valence-corrected chi connectivity index (χ3v) is 2.91. The van der Waals surface area contributed by atoms with Crippen molar-refractivity contribution in [2.24, 2.45) is 0 Å². The van der Waals surface area contributed by atoms with Crippen LogP contribution in [0, 0.1) is 0 Å². The molecule has 0 unspecified atom stereocenters. The van der Waals surface area contributed by atoms with Gasteiger partial charge >= 0.3 is 0 Å². The van der Waals surface area contributed by atoms with Crippen LogP contribution >= 0.6 is 23.3 Å². The number of nitrogens with two attached hydrogens (primary N) is 1. The third kappa shape index (κ3) is 2.19. The molecule has 2 aromatic rings. The van der Waals surface area contributed by atoms with E-state index in [2.05, 4.69) is 9.36 Å². The molecule has 1 heterocycles. The zero-order valence-electron chi connectivity index (χ0n) is 6.68. The molecule has 66 valence electrons. The van der Waals surface area contributed by atoms with E-state index >= 15 is 0 Å². The first-order valence-corrected chi connectivity index (χ1v) is 5.26. The van der Waals surface area contributed by atoms with Gasteiger partial charge in [-0.2, -0.15) is 9.36 Å². The zero-order chi connectivity index (χ0) is 9.10. The number of aromatic nitrogens is 2. The first-order chi connectivity index (χ1) is 6.34. The van der Waals surface area contributed by atoms with Crippen LogP contribution in [0.5, 0.6) is 0 Å². The van der Waals surface area contributed by atoms with Gasteiger partial charge in [0, 0.05) is 16.4 Å². The highest BCUT2D eigenvalue weighted by Crippen LogP contribution is 2.26. The van der Waals surface area contributed by atoms with Gasteiger partial charge in [-0.25, -0.2) is 0 Å². The van der Waals surface area contributed by atoms with Crippen molar-refractivity contribution < 1.29 is 0 Å². The number of nitrogen functional groups attached to an aromatic ring is 1. The fraction of sp³-hybridized carbons (Fsp3) is 0. The van der Waals surface area contributed by atoms with E-state index in [0.717, 1.165) is 4.90 Å². The van der Waals surface area contributed by atoms with E-state index in [9.17, 15) is 0 Å². The van der Waals surface area contributed by atoms with Crippen LogP contribution in [0.3, 0.4) is 0 Å². The molecular formula is C8H7N3S2. The summed E-state index contributed by atoms with van der Waals surface area (Å²) in [6.07, 6.45) is 0. The summed E-state index contributed by atoms with van der Waals surface area (Å²) in [5.74, 6) is 0. The minimum absolute atomic E-state index is 0.512. The Hall–Kier alpha value is -1.07. The number of hydrogen-bond acceptors (Lipinski definition) is 5. The Kier molecular flexibility index (Phi) is 2.47. The average Bonchev–Trinajstić information content (AvgIpc) is 2.53. The molecule has 0 aliphatic carbocycles. The minimum atomic E-state index is 0.512. The van der Waals surface area contributed by atoms with Crippen LogP contribution in [0.1, 0.15) is 0 Å². The predicted octanol–water partition coefficient (Wildman–Crippen LogP) is 2.27. The number of anilines is 1. The molecule has 0 spiro atoms. The van der Waals surface area contributed by atoms with Gasteiger partial charge < -0.3 is 5.73 Å². The molecule has 0 saturated carbocycles. The molecule has 0 radical (unpaired) electrons. The van der Waals surface area contributed by atoms with Crippen LogP contribution in [-0.4, -0.2) is 9.36 Å². The van der Waals surface area contributed by atoms with E-state index < -0.39 is 0 Å². The molecule has 5 heteroatoms. The summed E-state index contributed by atoms with van der Waals surface area (Å²) in [7, 11) is 0. The van der Waals surface area contributed by atoms with Gasteiger partial charge in [0.2, 0.25) is 10.3 Å². The van der Waals surface area contributed by atoms with Gasteiger partial charge in [0.05, 0.1) is 0 Å². The van der Waals surface area contributed by atoms with Crippen LogP contribution in [0.2, 0.25) is 0 Å². The Labute approximate surface area is 84.2 Å². The molecule has 1 aromatic heterocycles. The summed E-state index contributed by atoms with van der Waals surface area (Å²) in [6.45, 7) is 0. The number of rotatable bonds is 2. The minimum Gasteiger partial charge on any atom is -0.374 e. The summed E-state index contributed by atoms with van der Waals surface area (Å²) in [4.78, 5) is 5.18. The van der Waals surface area contributed by atoms with Gasteiger partial charge in [-0.15, -0.1) is 0 Å². The largest absolute Gasteiger partial charge is 0.374 e. The molecule has 0 fully saturated rings. The summed E-state index contributed by atoms with van der Waals surface area (Å²) in [6, 6.07) is 9.98. The lowest BCUT2D eigenvalue weighted by Gasteiger charge is -1.93. The number of nitrogens with zero attached hydrogens (tertiary/aromatic N) is 2. The zero-order valence-corrected chi connectivity index (χ0v) is 8.31. The second kappa shape index (κ2) is 3.76. The van der Waals surface area contributed by atoms with Gasteiger partial charge in [-0.05, 0) is 23.9 Å². The lowest BCUT2D eigenvalue weighted by molar-refractivity contribution is 1.08. The lowest BCUT2D eigenvalue weighted by Crippen LogP contribution is -1.81. The smallest absolute Gasteiger partial charge is 0.206 e. The van der Waals surface area contributed by atoms with Crippen LogP contribution < -0.4 is 5.73 Å². The van der Waals surface area contributed by atoms with Crippen molar-refractivity contribution in [3.8, 4) is 0 Å². The molecule has 0 aliphatic rings. The molecule has 2 rings (SSSR count). The van der Waals surface area contributed by atoms with Gasteiger partial charge in [0.15, 0.2) is 0 Å². The molecule has 0 bridgehead atoms. The molecular weight excluding hydrogens is 202 g/mol. The Morgan fingerprint density at radius 1 is 1.23 bits per heavy atom. The van der Waals surface area contributed by atoms with Crippen LogP contribution in [0.15, 0.2) is 40.4 Å². The maximum Gasteiger partial charge on any atom is 0.206 e. The monoisotopic (exact) mass is 209 g/mol. The molecule has 0 aliphatic heterocycles. The van der Waals surface area contributed by atoms with Gasteiger partial charge in [0.1, 0.15) is 0 Å². The Morgan fingerprint density at radius 3 is 2.62 bits per heavy atom. The fourth-order valence-electron chi connectivity index (χ4n) is 0.856. The van der Waals surface area contributed by atoms with Crippen molar-refractivity contribution in [1.29, 1.82) is 0 Å².